The first kappa shape index (κ1) is 41.9. The second-order valence-corrected chi connectivity index (χ2v) is 15.4. The van der Waals surface area contributed by atoms with Gasteiger partial charge in [-0.1, -0.05) is 65.8 Å². The van der Waals surface area contributed by atoms with Crippen LogP contribution in [0.5, 0.6) is 11.5 Å². The lowest BCUT2D eigenvalue weighted by Crippen LogP contribution is -2.78. The lowest BCUT2D eigenvalue weighted by Gasteiger charge is -2.10. The molecule has 0 saturated heterocycles. The van der Waals surface area contributed by atoms with Crippen molar-refractivity contribution in [2.75, 3.05) is 30.9 Å². The molecule has 8 aromatic rings. The van der Waals surface area contributed by atoms with E-state index in [1.165, 1.54) is 0 Å². The molecule has 0 fully saturated rings. The highest BCUT2D eigenvalue weighted by Gasteiger charge is 2.17. The highest BCUT2D eigenvalue weighted by atomic mass is 16.3. The van der Waals surface area contributed by atoms with Crippen molar-refractivity contribution in [1.29, 1.82) is 0 Å². The molecule has 0 atom stereocenters. The van der Waals surface area contributed by atoms with Gasteiger partial charge in [0.25, 0.3) is 0 Å². The van der Waals surface area contributed by atoms with Crippen LogP contribution >= 0.6 is 0 Å². The summed E-state index contributed by atoms with van der Waals surface area (Å²) in [4.78, 5) is 1.95. The van der Waals surface area contributed by atoms with Crippen molar-refractivity contribution in [2.24, 2.45) is 27.5 Å². The number of para-hydroxylation sites is 2. The molecule has 0 radical (unpaired) electrons. The van der Waals surface area contributed by atoms with Crippen LogP contribution in [0.4, 0.5) is 40.1 Å². The first-order valence-corrected chi connectivity index (χ1v) is 21.1. The third-order valence-electron chi connectivity index (χ3n) is 10.6. The van der Waals surface area contributed by atoms with Crippen LogP contribution in [0.15, 0.2) is 185 Å². The monoisotopic (exact) mass is 841 g/mol. The van der Waals surface area contributed by atoms with E-state index in [0.29, 0.717) is 24.0 Å². The number of aromatic hydroxyl groups is 2. The van der Waals surface area contributed by atoms with E-state index in [0.717, 1.165) is 83.3 Å². The van der Waals surface area contributed by atoms with Crippen molar-refractivity contribution in [3.8, 4) is 11.5 Å². The Kier molecular flexibility index (Phi) is 13.4. The van der Waals surface area contributed by atoms with E-state index in [-0.39, 0.29) is 11.5 Å². The van der Waals surface area contributed by atoms with Gasteiger partial charge in [0.05, 0.1) is 51.8 Å². The molecule has 14 nitrogen and oxygen atoms in total. The first-order valence-electron chi connectivity index (χ1n) is 21.1. The number of hydrogen-bond acceptors (Lipinski definition) is 9. The molecule has 0 unspecified atom stereocenters. The number of imidazole rings is 2. The number of rotatable bonds is 19. The van der Waals surface area contributed by atoms with E-state index in [1.54, 1.807) is 12.1 Å². The van der Waals surface area contributed by atoms with Gasteiger partial charge in [-0.3, -0.25) is 0 Å². The van der Waals surface area contributed by atoms with Crippen LogP contribution in [0.3, 0.4) is 0 Å². The van der Waals surface area contributed by atoms with E-state index < -0.39 is 0 Å². The minimum Gasteiger partial charge on any atom is -0.506 e. The van der Waals surface area contributed by atoms with Crippen LogP contribution in [0.25, 0.3) is 21.5 Å². The van der Waals surface area contributed by atoms with Crippen molar-refractivity contribution < 1.29 is 24.7 Å². The van der Waals surface area contributed by atoms with E-state index in [4.69, 9.17) is 0 Å². The van der Waals surface area contributed by atoms with Crippen molar-refractivity contribution in [3.05, 3.63) is 165 Å². The largest absolute Gasteiger partial charge is 0.506 e. The maximum absolute atomic E-state index is 10.8. The van der Waals surface area contributed by atoms with Crippen molar-refractivity contribution in [3.63, 3.8) is 0 Å². The van der Waals surface area contributed by atoms with Gasteiger partial charge < -0.3 is 31.1 Å². The Labute approximate surface area is 366 Å². The molecule has 0 aliphatic heterocycles. The van der Waals surface area contributed by atoms with Gasteiger partial charge in [0.1, 0.15) is 42.4 Å². The molecule has 0 amide bonds. The summed E-state index contributed by atoms with van der Waals surface area (Å²) in [5.74, 6) is 0.866. The number of quaternary nitrogens is 1. The highest BCUT2D eigenvalue weighted by Crippen LogP contribution is 2.39. The molecule has 318 valence electrons. The Morgan fingerprint density at radius 2 is 1.30 bits per heavy atom. The summed E-state index contributed by atoms with van der Waals surface area (Å²) in [5, 5.41) is 52.1. The summed E-state index contributed by atoms with van der Waals surface area (Å²) in [6, 6.07) is 39.1. The molecule has 6 aromatic carbocycles. The molecule has 8 rings (SSSR count). The third-order valence-corrected chi connectivity index (χ3v) is 10.6. The number of anilines is 4. The topological polar surface area (TPSA) is 151 Å². The summed E-state index contributed by atoms with van der Waals surface area (Å²) in [5.41, 5.74) is 4.65. The molecule has 0 saturated carbocycles. The maximum Gasteiger partial charge on any atom is 0.421 e. The Balaban J connectivity index is 0.777. The number of benzene rings is 6. The zero-order valence-corrected chi connectivity index (χ0v) is 35.5. The van der Waals surface area contributed by atoms with Crippen molar-refractivity contribution >= 4 is 61.6 Å². The van der Waals surface area contributed by atoms with Crippen molar-refractivity contribution in [2.45, 2.75) is 32.5 Å². The van der Waals surface area contributed by atoms with Crippen LogP contribution in [0, 0.1) is 0 Å². The summed E-state index contributed by atoms with van der Waals surface area (Å²) >= 11 is 0. The lowest BCUT2D eigenvalue weighted by molar-refractivity contribution is -0.697. The van der Waals surface area contributed by atoms with Crippen molar-refractivity contribution in [1.82, 2.24) is 14.0 Å². The molecule has 2 heterocycles. The predicted molar refractivity (Wildman–Crippen MR) is 247 cm³/mol. The number of nitrogens with one attached hydrogen (secondary N) is 2. The van der Waals surface area contributed by atoms with E-state index >= 15 is 0 Å². The number of nitrogens with two attached hydrogens (primary N) is 1. The fraction of sp³-hybridized carbons (Fsp3) is 0.184. The first-order chi connectivity index (χ1) is 30.9. The second-order valence-electron chi connectivity index (χ2n) is 15.4. The standard InChI is InChI=1S/C49H50N12O2/c1-57(35-51-54-47-43-33-41(52-39-11-5-3-6-12-39)19-15-37(43)17-21-45(47)62)28-24-50-23-9-25-59-30-31-60(36-59)26-10-27-61-32-29-58(2)49(61)56-55-48-44-34-42(53-40-13-7-4-8-14-40)20-16-38(44)18-22-46(48)63/h3-8,11-22,24,28-34,36,50H,9-10,23,25-27,35H2,1-2H3,(H2-,51,52,53,62,63)/p+3. The Morgan fingerprint density at radius 3 is 1.95 bits per heavy atom. The van der Waals surface area contributed by atoms with Gasteiger partial charge in [0.15, 0.2) is 5.69 Å². The van der Waals surface area contributed by atoms with E-state index in [1.807, 2.05) is 158 Å². The lowest BCUT2D eigenvalue weighted by atomic mass is 10.1. The fourth-order valence-electron chi connectivity index (χ4n) is 7.31. The average Bonchev–Trinajstić information content (AvgIpc) is 3.90. The molecule has 14 heteroatoms. The number of hydrogen-bond donors (Lipinski definition) is 5. The van der Waals surface area contributed by atoms with Gasteiger partial charge in [-0.15, -0.1) is 5.11 Å². The SMILES string of the molecule is CN(C=C[NH2+]CCCn1cc[n+](CCCn2cc[n+](C)c2N=Nc2c(O)ccc3ccc(Nc4ccccc4)cc23)c1)CN=Nc1c(O)ccc2ccc(Nc3ccccc3)cc12. The van der Waals surface area contributed by atoms with Gasteiger partial charge in [-0.05, 0) is 71.4 Å². The number of azo groups is 2. The van der Waals surface area contributed by atoms with Gasteiger partial charge in [-0.2, -0.15) is 5.11 Å². The number of fused-ring (bicyclic) bond motifs is 2. The molecule has 0 spiro atoms. The zero-order valence-electron chi connectivity index (χ0n) is 35.5. The number of aryl methyl sites for hydroxylation is 4. The van der Waals surface area contributed by atoms with Crippen LogP contribution < -0.4 is 25.1 Å². The minimum absolute atomic E-state index is 0.0781. The normalized spacial score (nSPS) is 11.8. The van der Waals surface area contributed by atoms with Crippen LogP contribution in [-0.4, -0.2) is 44.5 Å². The summed E-state index contributed by atoms with van der Waals surface area (Å²) in [6.45, 7) is 3.83. The smallest absolute Gasteiger partial charge is 0.421 e. The van der Waals surface area contributed by atoms with Crippen LogP contribution in [0.1, 0.15) is 12.8 Å². The van der Waals surface area contributed by atoms with E-state index in [9.17, 15) is 10.2 Å². The number of phenolic OH excluding ortho intramolecular Hbond substituents is 2. The Morgan fingerprint density at radius 1 is 0.683 bits per heavy atom. The second kappa shape index (κ2) is 20.1. The molecule has 0 aliphatic rings. The van der Waals surface area contributed by atoms with Gasteiger partial charge in [0, 0.05) is 58.5 Å². The summed E-state index contributed by atoms with van der Waals surface area (Å²) < 4.78 is 8.46. The minimum atomic E-state index is 0.0781. The molecule has 6 N–H and O–H groups in total. The number of nitrogens with zero attached hydrogens (tertiary/aromatic N) is 9. The van der Waals surface area contributed by atoms with Gasteiger partial charge in [-0.25, -0.2) is 18.3 Å². The molecule has 0 bridgehead atoms. The van der Waals surface area contributed by atoms with Crippen LogP contribution in [0.2, 0.25) is 0 Å². The predicted octanol–water partition coefficient (Wildman–Crippen LogP) is 9.21. The fourth-order valence-corrected chi connectivity index (χ4v) is 7.31. The average molecular weight is 842 g/mol. The highest BCUT2D eigenvalue weighted by molar-refractivity contribution is 5.98. The molecular formula is C49H53N12O2+3. The number of aromatic nitrogens is 4. The quantitative estimate of drug-likeness (QED) is 0.0313. The zero-order chi connectivity index (χ0) is 43.4. The molecule has 0 aliphatic carbocycles. The summed E-state index contributed by atoms with van der Waals surface area (Å²) in [6.07, 6.45) is 16.3. The molecule has 2 aromatic heterocycles. The summed E-state index contributed by atoms with van der Waals surface area (Å²) in [7, 11) is 3.90. The van der Waals surface area contributed by atoms with Gasteiger partial charge in [0.2, 0.25) is 6.33 Å². The van der Waals surface area contributed by atoms with Gasteiger partial charge >= 0.3 is 5.95 Å². The molecular weight excluding hydrogens is 789 g/mol. The number of phenols is 2. The Bertz CT molecular complexity index is 2870. The molecule has 63 heavy (non-hydrogen) atoms. The van der Waals surface area contributed by atoms with Crippen LogP contribution in [-0.2, 0) is 26.7 Å². The third kappa shape index (κ3) is 10.9. The Hall–Kier alpha value is -7.84. The maximum atomic E-state index is 10.8. The van der Waals surface area contributed by atoms with E-state index in [2.05, 4.69) is 68.8 Å².